The first-order chi connectivity index (χ1) is 13.5. The molecule has 0 aliphatic carbocycles. The fraction of sp³-hybridized carbons (Fsp3) is 0.130. The molecule has 3 rings (SSSR count). The predicted molar refractivity (Wildman–Crippen MR) is 108 cm³/mol. The van der Waals surface area contributed by atoms with E-state index in [2.05, 4.69) is 10.9 Å². The van der Waals surface area contributed by atoms with Gasteiger partial charge in [-0.25, -0.2) is 0 Å². The van der Waals surface area contributed by atoms with Crippen LogP contribution in [0.25, 0.3) is 0 Å². The summed E-state index contributed by atoms with van der Waals surface area (Å²) in [4.78, 5) is 24.9. The van der Waals surface area contributed by atoms with Crippen molar-refractivity contribution in [3.05, 3.63) is 101 Å². The van der Waals surface area contributed by atoms with Crippen molar-refractivity contribution in [2.75, 3.05) is 0 Å². The monoisotopic (exact) mass is 374 g/mol. The predicted octanol–water partition coefficient (Wildman–Crippen LogP) is 3.96. The fourth-order valence-corrected chi connectivity index (χ4v) is 2.83. The van der Waals surface area contributed by atoms with Crippen LogP contribution in [0.4, 0.5) is 0 Å². The summed E-state index contributed by atoms with van der Waals surface area (Å²) >= 11 is 0. The minimum absolute atomic E-state index is 0.347. The van der Waals surface area contributed by atoms with Gasteiger partial charge < -0.3 is 4.74 Å². The van der Waals surface area contributed by atoms with Crippen LogP contribution in [-0.4, -0.2) is 11.8 Å². The van der Waals surface area contributed by atoms with Crippen molar-refractivity contribution >= 4 is 11.8 Å². The van der Waals surface area contributed by atoms with Gasteiger partial charge in [-0.05, 0) is 43.2 Å². The van der Waals surface area contributed by atoms with Crippen molar-refractivity contribution in [3.63, 3.8) is 0 Å². The second-order valence-electron chi connectivity index (χ2n) is 6.50. The lowest BCUT2D eigenvalue weighted by Crippen LogP contribution is -2.42. The molecule has 0 atom stereocenters. The lowest BCUT2D eigenvalue weighted by molar-refractivity contribution is 0.0843. The van der Waals surface area contributed by atoms with Gasteiger partial charge in [0, 0.05) is 5.56 Å². The van der Waals surface area contributed by atoms with E-state index in [0.29, 0.717) is 23.5 Å². The molecule has 0 aliphatic heterocycles. The number of carbonyl (C=O) groups is 2. The molecule has 0 saturated heterocycles. The van der Waals surface area contributed by atoms with Gasteiger partial charge >= 0.3 is 0 Å². The summed E-state index contributed by atoms with van der Waals surface area (Å²) in [7, 11) is 0. The van der Waals surface area contributed by atoms with E-state index in [1.165, 1.54) is 0 Å². The van der Waals surface area contributed by atoms with Crippen LogP contribution in [0.1, 0.15) is 37.4 Å². The molecule has 3 aromatic rings. The van der Waals surface area contributed by atoms with E-state index in [0.717, 1.165) is 16.7 Å². The highest BCUT2D eigenvalue weighted by atomic mass is 16.5. The number of nitrogens with one attached hydrogen (secondary N) is 2. The normalized spacial score (nSPS) is 10.2. The molecule has 0 spiro atoms. The Balaban J connectivity index is 1.65. The maximum Gasteiger partial charge on any atom is 0.273 e. The third-order valence-electron chi connectivity index (χ3n) is 4.28. The van der Waals surface area contributed by atoms with E-state index in [1.54, 1.807) is 30.3 Å². The average molecular weight is 374 g/mol. The molecule has 2 N–H and O–H groups in total. The zero-order chi connectivity index (χ0) is 19.9. The second kappa shape index (κ2) is 8.86. The number of hydrogen-bond donors (Lipinski definition) is 2. The highest BCUT2D eigenvalue weighted by Gasteiger charge is 2.14. The van der Waals surface area contributed by atoms with Crippen LogP contribution in [-0.2, 0) is 6.61 Å². The Hall–Kier alpha value is -3.60. The molecule has 0 heterocycles. The number of para-hydroxylation sites is 1. The molecule has 0 aromatic heterocycles. The first-order valence-electron chi connectivity index (χ1n) is 8.98. The Morgan fingerprint density at radius 1 is 0.786 bits per heavy atom. The molecule has 0 bridgehead atoms. The summed E-state index contributed by atoms with van der Waals surface area (Å²) in [6, 6.07) is 22.1. The van der Waals surface area contributed by atoms with E-state index < -0.39 is 5.91 Å². The maximum absolute atomic E-state index is 12.5. The number of ether oxygens (including phenoxy) is 1. The number of amides is 2. The van der Waals surface area contributed by atoms with E-state index in [9.17, 15) is 9.59 Å². The third kappa shape index (κ3) is 4.76. The highest BCUT2D eigenvalue weighted by molar-refractivity contribution is 6.01. The smallest absolute Gasteiger partial charge is 0.273 e. The third-order valence-corrected chi connectivity index (χ3v) is 4.28. The zero-order valence-electron chi connectivity index (χ0n) is 15.9. The van der Waals surface area contributed by atoms with Gasteiger partial charge in [-0.3, -0.25) is 20.4 Å². The standard InChI is InChI=1S/C23H22N2O3/c1-16-12-13-19(17(2)14-16)22(26)24-25-23(27)20-10-6-7-11-21(20)28-15-18-8-4-3-5-9-18/h3-14H,15H2,1-2H3,(H,24,26)(H,25,27). The summed E-state index contributed by atoms with van der Waals surface area (Å²) in [5, 5.41) is 0. The molecule has 2 amide bonds. The molecule has 0 fully saturated rings. The molecule has 5 nitrogen and oxygen atoms in total. The molecule has 142 valence electrons. The minimum atomic E-state index is -0.443. The van der Waals surface area contributed by atoms with Crippen molar-refractivity contribution in [2.45, 2.75) is 20.5 Å². The maximum atomic E-state index is 12.5. The van der Waals surface area contributed by atoms with Gasteiger partial charge in [0.1, 0.15) is 12.4 Å². The number of benzene rings is 3. The number of hydrazine groups is 1. The molecule has 28 heavy (non-hydrogen) atoms. The summed E-state index contributed by atoms with van der Waals surface area (Å²) in [5.74, 6) is -0.361. The van der Waals surface area contributed by atoms with Gasteiger partial charge in [-0.1, -0.05) is 60.2 Å². The molecule has 5 heteroatoms. The van der Waals surface area contributed by atoms with Gasteiger partial charge in [0.25, 0.3) is 11.8 Å². The number of rotatable bonds is 5. The van der Waals surface area contributed by atoms with Gasteiger partial charge in [-0.2, -0.15) is 0 Å². The fourth-order valence-electron chi connectivity index (χ4n) is 2.83. The van der Waals surface area contributed by atoms with Crippen LogP contribution in [0.2, 0.25) is 0 Å². The summed E-state index contributed by atoms with van der Waals surface area (Å²) in [6.45, 7) is 4.17. The van der Waals surface area contributed by atoms with Crippen LogP contribution in [0.15, 0.2) is 72.8 Å². The molecule has 0 saturated carbocycles. The van der Waals surface area contributed by atoms with E-state index >= 15 is 0 Å². The van der Waals surface area contributed by atoms with Crippen LogP contribution < -0.4 is 15.6 Å². The number of carbonyl (C=O) groups excluding carboxylic acids is 2. The first kappa shape index (κ1) is 19.2. The molecular weight excluding hydrogens is 352 g/mol. The summed E-state index contributed by atoms with van der Waals surface area (Å²) in [6.07, 6.45) is 0. The second-order valence-corrected chi connectivity index (χ2v) is 6.50. The summed E-state index contributed by atoms with van der Waals surface area (Å²) in [5.41, 5.74) is 8.70. The largest absolute Gasteiger partial charge is 0.488 e. The van der Waals surface area contributed by atoms with Crippen molar-refractivity contribution < 1.29 is 14.3 Å². The van der Waals surface area contributed by atoms with Crippen LogP contribution in [0.3, 0.4) is 0 Å². The van der Waals surface area contributed by atoms with Crippen molar-refractivity contribution in [3.8, 4) is 5.75 Å². The number of aryl methyl sites for hydroxylation is 2. The van der Waals surface area contributed by atoms with Crippen molar-refractivity contribution in [2.24, 2.45) is 0 Å². The Morgan fingerprint density at radius 3 is 2.14 bits per heavy atom. The van der Waals surface area contributed by atoms with E-state index in [4.69, 9.17) is 4.74 Å². The Morgan fingerprint density at radius 2 is 1.43 bits per heavy atom. The average Bonchev–Trinajstić information content (AvgIpc) is 2.71. The van der Waals surface area contributed by atoms with Crippen LogP contribution in [0.5, 0.6) is 5.75 Å². The van der Waals surface area contributed by atoms with Gasteiger partial charge in [0.15, 0.2) is 0 Å². The Kier molecular flexibility index (Phi) is 6.07. The molecule has 0 unspecified atom stereocenters. The molecule has 3 aromatic carbocycles. The lowest BCUT2D eigenvalue weighted by Gasteiger charge is -2.13. The SMILES string of the molecule is Cc1ccc(C(=O)NNC(=O)c2ccccc2OCc2ccccc2)c(C)c1. The van der Waals surface area contributed by atoms with Gasteiger partial charge in [0.2, 0.25) is 0 Å². The minimum Gasteiger partial charge on any atom is -0.488 e. The molecule has 0 radical (unpaired) electrons. The van der Waals surface area contributed by atoms with Gasteiger partial charge in [-0.15, -0.1) is 0 Å². The van der Waals surface area contributed by atoms with Gasteiger partial charge in [0.05, 0.1) is 5.56 Å². The highest BCUT2D eigenvalue weighted by Crippen LogP contribution is 2.19. The van der Waals surface area contributed by atoms with Crippen molar-refractivity contribution in [1.82, 2.24) is 10.9 Å². The van der Waals surface area contributed by atoms with Crippen LogP contribution in [0, 0.1) is 13.8 Å². The van der Waals surface area contributed by atoms with E-state index in [1.807, 2.05) is 56.3 Å². The van der Waals surface area contributed by atoms with Crippen LogP contribution >= 0.6 is 0 Å². The lowest BCUT2D eigenvalue weighted by atomic mass is 10.1. The topological polar surface area (TPSA) is 67.4 Å². The quantitative estimate of drug-likeness (QED) is 0.665. The summed E-state index contributed by atoms with van der Waals surface area (Å²) < 4.78 is 5.79. The molecule has 0 aliphatic rings. The van der Waals surface area contributed by atoms with Crippen molar-refractivity contribution in [1.29, 1.82) is 0 Å². The molecular formula is C23H22N2O3. The first-order valence-corrected chi connectivity index (χ1v) is 8.98. The number of hydrogen-bond acceptors (Lipinski definition) is 3. The van der Waals surface area contributed by atoms with E-state index in [-0.39, 0.29) is 5.91 Å². The Labute approximate surface area is 164 Å². The zero-order valence-corrected chi connectivity index (χ0v) is 15.9. The Bertz CT molecular complexity index is 984.